The number of halogens is 1. The average molecular weight is 414 g/mol. The van der Waals surface area contributed by atoms with Crippen LogP contribution in [0, 0.1) is 17.2 Å². The predicted molar refractivity (Wildman–Crippen MR) is 117 cm³/mol. The molecule has 0 bridgehead atoms. The zero-order chi connectivity index (χ0) is 19.9. The summed E-state index contributed by atoms with van der Waals surface area (Å²) in [5, 5.41) is 15.5. The summed E-state index contributed by atoms with van der Waals surface area (Å²) < 4.78 is 5.48. The van der Waals surface area contributed by atoms with Gasteiger partial charge in [-0.3, -0.25) is 4.79 Å². The lowest BCUT2D eigenvalue weighted by Crippen LogP contribution is -2.37. The molecule has 1 saturated carbocycles. The number of rotatable bonds is 6. The minimum absolute atomic E-state index is 0. The third-order valence-electron chi connectivity index (χ3n) is 5.56. The zero-order valence-corrected chi connectivity index (χ0v) is 17.7. The summed E-state index contributed by atoms with van der Waals surface area (Å²) in [5.41, 5.74) is 3.52. The Hall–Kier alpha value is -2.55. The second-order valence-corrected chi connectivity index (χ2v) is 7.27. The molecule has 2 aromatic carbocycles. The number of hydrogen-bond donors (Lipinski definition) is 2. The Labute approximate surface area is 178 Å². The fourth-order valence-corrected chi connectivity index (χ4v) is 3.84. The second-order valence-electron chi connectivity index (χ2n) is 7.27. The molecule has 6 heteroatoms. The number of methoxy groups -OCH3 is 1. The van der Waals surface area contributed by atoms with Crippen LogP contribution in [0.2, 0.25) is 0 Å². The fourth-order valence-electron chi connectivity index (χ4n) is 3.84. The van der Waals surface area contributed by atoms with Gasteiger partial charge >= 0.3 is 0 Å². The standard InChI is InChI=1S/C23H27N3O2.ClH/c1-25-21-9-6-17(7-10-21)23(27)26-15-20-13-19(8-11-22(20)28-2)18-5-3-4-16(12-18)14-24;/h3-5,8,11-13,17,21,25H,6-7,9-10,15H2,1-2H3,(H,26,27);1H. The molecule has 0 unspecified atom stereocenters. The Balaban J connectivity index is 0.00000300. The van der Waals surface area contributed by atoms with Gasteiger partial charge < -0.3 is 15.4 Å². The molecule has 0 aromatic heterocycles. The first-order valence-corrected chi connectivity index (χ1v) is 9.77. The van der Waals surface area contributed by atoms with E-state index in [0.29, 0.717) is 18.2 Å². The van der Waals surface area contributed by atoms with Gasteiger partial charge in [-0.1, -0.05) is 18.2 Å². The van der Waals surface area contributed by atoms with Crippen molar-refractivity contribution in [2.75, 3.05) is 14.2 Å². The monoisotopic (exact) mass is 413 g/mol. The van der Waals surface area contributed by atoms with Crippen molar-refractivity contribution in [1.29, 1.82) is 5.26 Å². The van der Waals surface area contributed by atoms with Gasteiger partial charge in [0.1, 0.15) is 5.75 Å². The number of carbonyl (C=O) groups is 1. The van der Waals surface area contributed by atoms with E-state index in [9.17, 15) is 4.79 Å². The molecule has 0 heterocycles. The number of hydrogen-bond acceptors (Lipinski definition) is 4. The first-order valence-electron chi connectivity index (χ1n) is 9.77. The van der Waals surface area contributed by atoms with E-state index in [-0.39, 0.29) is 24.2 Å². The van der Waals surface area contributed by atoms with E-state index in [1.165, 1.54) is 0 Å². The smallest absolute Gasteiger partial charge is 0.223 e. The zero-order valence-electron chi connectivity index (χ0n) is 16.9. The van der Waals surface area contributed by atoms with Gasteiger partial charge in [-0.05, 0) is 68.1 Å². The van der Waals surface area contributed by atoms with Crippen molar-refractivity contribution < 1.29 is 9.53 Å². The van der Waals surface area contributed by atoms with Crippen LogP contribution in [0.1, 0.15) is 36.8 Å². The van der Waals surface area contributed by atoms with E-state index in [2.05, 4.69) is 16.7 Å². The SMILES string of the molecule is CNC1CCC(C(=O)NCc2cc(-c3cccc(C#N)c3)ccc2OC)CC1.Cl. The van der Waals surface area contributed by atoms with Gasteiger partial charge in [0, 0.05) is 24.1 Å². The predicted octanol–water partition coefficient (Wildman–Crippen LogP) is 4.05. The van der Waals surface area contributed by atoms with Gasteiger partial charge in [-0.2, -0.15) is 5.26 Å². The van der Waals surface area contributed by atoms with Crippen LogP contribution in [0.15, 0.2) is 42.5 Å². The van der Waals surface area contributed by atoms with Crippen LogP contribution in [0.25, 0.3) is 11.1 Å². The van der Waals surface area contributed by atoms with E-state index >= 15 is 0 Å². The van der Waals surface area contributed by atoms with Crippen LogP contribution in [-0.4, -0.2) is 26.1 Å². The summed E-state index contributed by atoms with van der Waals surface area (Å²) in [6, 6.07) is 16.1. The lowest BCUT2D eigenvalue weighted by molar-refractivity contribution is -0.126. The summed E-state index contributed by atoms with van der Waals surface area (Å²) >= 11 is 0. The molecule has 1 aliphatic rings. The quantitative estimate of drug-likeness (QED) is 0.749. The van der Waals surface area contributed by atoms with Crippen LogP contribution in [0.4, 0.5) is 0 Å². The van der Waals surface area contributed by atoms with Crippen molar-refractivity contribution in [3.63, 3.8) is 0 Å². The number of amides is 1. The first-order chi connectivity index (χ1) is 13.6. The molecule has 29 heavy (non-hydrogen) atoms. The highest BCUT2D eigenvalue weighted by atomic mass is 35.5. The maximum atomic E-state index is 12.6. The average Bonchev–Trinajstić information content (AvgIpc) is 2.77. The van der Waals surface area contributed by atoms with Gasteiger partial charge in [0.2, 0.25) is 5.91 Å². The van der Waals surface area contributed by atoms with Crippen molar-refractivity contribution in [1.82, 2.24) is 10.6 Å². The fraction of sp³-hybridized carbons (Fsp3) is 0.391. The van der Waals surface area contributed by atoms with Crippen molar-refractivity contribution in [2.45, 2.75) is 38.3 Å². The summed E-state index contributed by atoms with van der Waals surface area (Å²) in [5.74, 6) is 0.957. The Morgan fingerprint density at radius 3 is 2.52 bits per heavy atom. The minimum Gasteiger partial charge on any atom is -0.496 e. The van der Waals surface area contributed by atoms with Crippen LogP contribution in [0.5, 0.6) is 5.75 Å². The summed E-state index contributed by atoms with van der Waals surface area (Å²) in [6.07, 6.45) is 3.94. The van der Waals surface area contributed by atoms with Gasteiger partial charge in [0.25, 0.3) is 0 Å². The van der Waals surface area contributed by atoms with Crippen molar-refractivity contribution >= 4 is 18.3 Å². The molecule has 0 spiro atoms. The van der Waals surface area contributed by atoms with Crippen LogP contribution < -0.4 is 15.4 Å². The molecule has 154 valence electrons. The minimum atomic E-state index is 0. The largest absolute Gasteiger partial charge is 0.496 e. The molecule has 0 saturated heterocycles. The number of ether oxygens (including phenoxy) is 1. The number of nitrogens with one attached hydrogen (secondary N) is 2. The molecule has 2 aromatic rings. The third kappa shape index (κ3) is 5.72. The maximum Gasteiger partial charge on any atom is 0.223 e. The highest BCUT2D eigenvalue weighted by Gasteiger charge is 2.25. The maximum absolute atomic E-state index is 12.6. The van der Waals surface area contributed by atoms with Crippen molar-refractivity contribution in [3.05, 3.63) is 53.6 Å². The summed E-state index contributed by atoms with van der Waals surface area (Å²) in [6.45, 7) is 0.430. The number of nitriles is 1. The Morgan fingerprint density at radius 1 is 1.14 bits per heavy atom. The lowest BCUT2D eigenvalue weighted by Gasteiger charge is -2.27. The molecule has 1 fully saturated rings. The summed E-state index contributed by atoms with van der Waals surface area (Å²) in [4.78, 5) is 12.6. The molecule has 5 nitrogen and oxygen atoms in total. The van der Waals surface area contributed by atoms with Gasteiger partial charge in [0.15, 0.2) is 0 Å². The van der Waals surface area contributed by atoms with E-state index in [0.717, 1.165) is 48.1 Å². The molecule has 1 amide bonds. The van der Waals surface area contributed by atoms with Gasteiger partial charge in [-0.25, -0.2) is 0 Å². The van der Waals surface area contributed by atoms with E-state index in [4.69, 9.17) is 10.00 Å². The molecule has 3 rings (SSSR count). The number of benzene rings is 2. The third-order valence-corrected chi connectivity index (χ3v) is 5.56. The Kier molecular flexibility index (Phi) is 8.50. The molecule has 0 radical (unpaired) electrons. The lowest BCUT2D eigenvalue weighted by atomic mass is 9.85. The summed E-state index contributed by atoms with van der Waals surface area (Å²) in [7, 11) is 3.62. The molecule has 0 atom stereocenters. The highest BCUT2D eigenvalue weighted by molar-refractivity contribution is 5.85. The second kappa shape index (κ2) is 10.8. The van der Waals surface area contributed by atoms with Gasteiger partial charge in [-0.15, -0.1) is 12.4 Å². The molecule has 0 aliphatic heterocycles. The van der Waals surface area contributed by atoms with E-state index in [1.807, 2.05) is 43.4 Å². The topological polar surface area (TPSA) is 74.2 Å². The first kappa shape index (κ1) is 22.7. The van der Waals surface area contributed by atoms with Crippen LogP contribution >= 0.6 is 12.4 Å². The van der Waals surface area contributed by atoms with Crippen LogP contribution in [-0.2, 0) is 11.3 Å². The number of carbonyl (C=O) groups excluding carboxylic acids is 1. The Bertz CT molecular complexity index is 871. The van der Waals surface area contributed by atoms with Gasteiger partial charge in [0.05, 0.1) is 18.7 Å². The van der Waals surface area contributed by atoms with Crippen molar-refractivity contribution in [2.24, 2.45) is 5.92 Å². The molecule has 1 aliphatic carbocycles. The molecular weight excluding hydrogens is 386 g/mol. The Morgan fingerprint density at radius 2 is 1.86 bits per heavy atom. The number of nitrogens with zero attached hydrogens (tertiary/aromatic N) is 1. The van der Waals surface area contributed by atoms with Crippen LogP contribution in [0.3, 0.4) is 0 Å². The molecule has 2 N–H and O–H groups in total. The van der Waals surface area contributed by atoms with Crippen molar-refractivity contribution in [3.8, 4) is 22.9 Å². The highest BCUT2D eigenvalue weighted by Crippen LogP contribution is 2.28. The normalized spacial score (nSPS) is 18.2. The van der Waals surface area contributed by atoms with E-state index < -0.39 is 0 Å². The molecular formula is C23H28ClN3O2. The van der Waals surface area contributed by atoms with E-state index in [1.54, 1.807) is 13.2 Å².